The Hall–Kier alpha value is 0.690. The van der Waals surface area contributed by atoms with Gasteiger partial charge in [-0.05, 0) is 5.92 Å². The van der Waals surface area contributed by atoms with Gasteiger partial charge in [0.15, 0.2) is 11.7 Å². The van der Waals surface area contributed by atoms with Crippen LogP contribution in [-0.4, -0.2) is 22.4 Å². The summed E-state index contributed by atoms with van der Waals surface area (Å²) >= 11 is 11.2. The summed E-state index contributed by atoms with van der Waals surface area (Å²) in [4.78, 5) is 11.3. The molecule has 0 aliphatic rings. The average Bonchev–Trinajstić information content (AvgIpc) is 2.00. The van der Waals surface area contributed by atoms with Gasteiger partial charge in [0.05, 0.1) is 13.2 Å². The maximum Gasteiger partial charge on any atom is 0.183 e. The largest absolute Gasteiger partial charge is 0.776 e. The summed E-state index contributed by atoms with van der Waals surface area (Å²) in [6, 6.07) is 0. The van der Waals surface area contributed by atoms with Crippen molar-refractivity contribution in [2.24, 2.45) is 5.92 Å². The van der Waals surface area contributed by atoms with E-state index in [4.69, 9.17) is 28.3 Å². The minimum absolute atomic E-state index is 0.325. The van der Waals surface area contributed by atoms with Gasteiger partial charge in [0.1, 0.15) is 0 Å². The Morgan fingerprint density at radius 1 is 1.62 bits per heavy atom. The third kappa shape index (κ3) is 3.39. The summed E-state index contributed by atoms with van der Waals surface area (Å²) in [5, 5.41) is 8.36. The van der Waals surface area contributed by atoms with Crippen LogP contribution in [0.2, 0.25) is 0 Å². The van der Waals surface area contributed by atoms with E-state index in [1.54, 1.807) is 13.8 Å². The molecule has 4 nitrogen and oxygen atoms in total. The van der Waals surface area contributed by atoms with Crippen molar-refractivity contribution in [2.45, 2.75) is 17.9 Å². The summed E-state index contributed by atoms with van der Waals surface area (Å²) < 4.78 is 13.7. The molecule has 1 atom stereocenters. The smallest absolute Gasteiger partial charge is 0.183 e. The van der Waals surface area contributed by atoms with E-state index in [0.29, 0.717) is 0 Å². The molecule has 0 spiro atoms. The van der Waals surface area contributed by atoms with Crippen molar-refractivity contribution >= 4 is 30.8 Å². The Morgan fingerprint density at radius 2 is 2.08 bits per heavy atom. The van der Waals surface area contributed by atoms with Crippen LogP contribution in [0.1, 0.15) is 13.8 Å². The van der Waals surface area contributed by atoms with Crippen LogP contribution in [0.25, 0.3) is 0 Å². The number of aliphatic hydroxyl groups excluding tert-OH is 1. The zero-order chi connectivity index (χ0) is 10.7. The van der Waals surface area contributed by atoms with Crippen LogP contribution in [0, 0.1) is 5.92 Å². The lowest BCUT2D eigenvalue weighted by atomic mass is 10.3. The minimum Gasteiger partial charge on any atom is -0.776 e. The van der Waals surface area contributed by atoms with Crippen molar-refractivity contribution in [1.29, 1.82) is 0 Å². The maximum absolute atomic E-state index is 11.3. The Labute approximate surface area is 87.3 Å². The van der Waals surface area contributed by atoms with Gasteiger partial charge in [-0.15, -0.1) is 0 Å². The summed E-state index contributed by atoms with van der Waals surface area (Å²) in [5.41, 5.74) is 0. The molecule has 80 valence electrons. The molecule has 0 aromatic carbocycles. The number of aliphatic hydroxyl groups is 1. The predicted molar refractivity (Wildman–Crippen MR) is 49.9 cm³/mol. The van der Waals surface area contributed by atoms with Crippen molar-refractivity contribution in [3.63, 3.8) is 0 Å². The molecule has 0 aromatic rings. The quantitative estimate of drug-likeness (QED) is 0.590. The van der Waals surface area contributed by atoms with Crippen molar-refractivity contribution in [3.8, 4) is 0 Å². The van der Waals surface area contributed by atoms with Crippen molar-refractivity contribution in [1.82, 2.24) is 0 Å². The maximum atomic E-state index is 11.3. The van der Waals surface area contributed by atoms with Gasteiger partial charge in [-0.3, -0.25) is 0 Å². The van der Waals surface area contributed by atoms with Crippen LogP contribution < -0.4 is 4.89 Å². The first kappa shape index (κ1) is 13.7. The zero-order valence-corrected chi connectivity index (χ0v) is 9.77. The van der Waals surface area contributed by atoms with Gasteiger partial charge in [0, 0.05) is 0 Å². The third-order valence-electron chi connectivity index (χ3n) is 1.41. The standard InChI is InChI=1S/C6H13Cl2O4P/c1-5(2)6(7,8)13(10,11)12-4-3-9/h5,9H,3-4H2,1-2H3,(H,10,11)/p-1. The van der Waals surface area contributed by atoms with Crippen molar-refractivity contribution in [3.05, 3.63) is 0 Å². The Kier molecular flexibility index (Phi) is 5.23. The van der Waals surface area contributed by atoms with Crippen LogP contribution >= 0.6 is 30.8 Å². The van der Waals surface area contributed by atoms with Crippen LogP contribution in [0.3, 0.4) is 0 Å². The van der Waals surface area contributed by atoms with E-state index in [1.165, 1.54) is 0 Å². The number of halogens is 2. The van der Waals surface area contributed by atoms with E-state index < -0.39 is 24.2 Å². The Morgan fingerprint density at radius 3 is 2.38 bits per heavy atom. The number of alkyl halides is 2. The monoisotopic (exact) mass is 249 g/mol. The Balaban J connectivity index is 4.51. The molecule has 0 aromatic heterocycles. The van der Waals surface area contributed by atoms with Gasteiger partial charge < -0.3 is 19.1 Å². The highest BCUT2D eigenvalue weighted by Crippen LogP contribution is 2.60. The van der Waals surface area contributed by atoms with Gasteiger partial charge >= 0.3 is 0 Å². The van der Waals surface area contributed by atoms with Gasteiger partial charge in [0.2, 0.25) is 0 Å². The minimum atomic E-state index is -4.35. The van der Waals surface area contributed by atoms with Gasteiger partial charge in [-0.2, -0.15) is 0 Å². The summed E-state index contributed by atoms with van der Waals surface area (Å²) in [7, 11) is -4.35. The second-order valence-electron chi connectivity index (χ2n) is 2.80. The lowest BCUT2D eigenvalue weighted by Crippen LogP contribution is -2.29. The fourth-order valence-corrected chi connectivity index (χ4v) is 1.98. The molecular weight excluding hydrogens is 238 g/mol. The molecule has 0 heterocycles. The van der Waals surface area contributed by atoms with E-state index in [1.807, 2.05) is 0 Å². The second-order valence-corrected chi connectivity index (χ2v) is 6.67. The zero-order valence-electron chi connectivity index (χ0n) is 7.37. The van der Waals surface area contributed by atoms with Gasteiger partial charge in [-0.1, -0.05) is 37.0 Å². The molecule has 0 bridgehead atoms. The predicted octanol–water partition coefficient (Wildman–Crippen LogP) is 1.34. The van der Waals surface area contributed by atoms with E-state index in [-0.39, 0.29) is 6.61 Å². The SMILES string of the molecule is CC(C)C(Cl)(Cl)P(=O)([O-])OCCO. The molecule has 0 saturated heterocycles. The molecule has 1 unspecified atom stereocenters. The lowest BCUT2D eigenvalue weighted by Gasteiger charge is -2.36. The highest BCUT2D eigenvalue weighted by molar-refractivity contribution is 7.57. The second kappa shape index (κ2) is 4.96. The van der Waals surface area contributed by atoms with E-state index in [0.717, 1.165) is 0 Å². The fourth-order valence-electron chi connectivity index (χ4n) is 0.563. The van der Waals surface area contributed by atoms with Crippen LogP contribution in [0.5, 0.6) is 0 Å². The molecular formula is C6H12Cl2O4P-. The molecule has 1 N–H and O–H groups in total. The van der Waals surface area contributed by atoms with Crippen LogP contribution in [-0.2, 0) is 9.09 Å². The summed E-state index contributed by atoms with van der Waals surface area (Å²) in [6.45, 7) is 2.41. The first-order valence-electron chi connectivity index (χ1n) is 3.70. The third-order valence-corrected chi connectivity index (χ3v) is 5.30. The molecule has 0 aliphatic carbocycles. The van der Waals surface area contributed by atoms with Crippen molar-refractivity contribution in [2.75, 3.05) is 13.2 Å². The average molecular weight is 250 g/mol. The van der Waals surface area contributed by atoms with Gasteiger partial charge in [0.25, 0.3) is 0 Å². The fraction of sp³-hybridized carbons (Fsp3) is 1.00. The highest BCUT2D eigenvalue weighted by atomic mass is 35.5. The van der Waals surface area contributed by atoms with Crippen LogP contribution in [0.4, 0.5) is 0 Å². The number of hydrogen-bond donors (Lipinski definition) is 1. The van der Waals surface area contributed by atoms with E-state index in [2.05, 4.69) is 4.52 Å². The summed E-state index contributed by atoms with van der Waals surface area (Å²) in [5.74, 6) is -0.488. The number of rotatable bonds is 5. The highest BCUT2D eigenvalue weighted by Gasteiger charge is 2.41. The normalized spacial score (nSPS) is 17.5. The first-order chi connectivity index (χ1) is 5.75. The molecule has 0 amide bonds. The topological polar surface area (TPSA) is 69.6 Å². The van der Waals surface area contributed by atoms with Crippen LogP contribution in [0.15, 0.2) is 0 Å². The molecule has 0 saturated carbocycles. The molecule has 0 fully saturated rings. The number of hydrogen-bond acceptors (Lipinski definition) is 4. The lowest BCUT2D eigenvalue weighted by molar-refractivity contribution is -0.202. The molecule has 0 aliphatic heterocycles. The molecule has 0 rings (SSSR count). The molecule has 0 radical (unpaired) electrons. The van der Waals surface area contributed by atoms with Gasteiger partial charge in [-0.25, -0.2) is 0 Å². The molecule has 7 heteroatoms. The van der Waals surface area contributed by atoms with Crippen molar-refractivity contribution < 1.29 is 19.1 Å². The molecule has 13 heavy (non-hydrogen) atoms. The Bertz CT molecular complexity index is 207. The van der Waals surface area contributed by atoms with E-state index >= 15 is 0 Å². The summed E-state index contributed by atoms with van der Waals surface area (Å²) in [6.07, 6.45) is 0. The van der Waals surface area contributed by atoms with E-state index in [9.17, 15) is 9.46 Å². The first-order valence-corrected chi connectivity index (χ1v) is 6.00.